The van der Waals surface area contributed by atoms with Gasteiger partial charge in [0, 0.05) is 25.0 Å². The summed E-state index contributed by atoms with van der Waals surface area (Å²) in [6.07, 6.45) is 2.60. The van der Waals surface area contributed by atoms with Crippen molar-refractivity contribution in [2.24, 2.45) is 0 Å². The Labute approximate surface area is 168 Å². The molecular formula is C19H15F2N7O2. The van der Waals surface area contributed by atoms with E-state index in [4.69, 9.17) is 4.52 Å². The Morgan fingerprint density at radius 3 is 2.93 bits per heavy atom. The molecule has 1 saturated carbocycles. The summed E-state index contributed by atoms with van der Waals surface area (Å²) in [6.45, 7) is 1.69. The zero-order valence-corrected chi connectivity index (χ0v) is 15.7. The maximum Gasteiger partial charge on any atom is 0.274 e. The second kappa shape index (κ2) is 6.65. The van der Waals surface area contributed by atoms with Crippen LogP contribution in [0, 0.1) is 6.92 Å². The van der Waals surface area contributed by atoms with Crippen LogP contribution in [0.2, 0.25) is 0 Å². The summed E-state index contributed by atoms with van der Waals surface area (Å²) >= 11 is 0. The van der Waals surface area contributed by atoms with Crippen LogP contribution in [-0.2, 0) is 0 Å². The molecule has 1 N–H and O–H groups in total. The lowest BCUT2D eigenvalue weighted by molar-refractivity contribution is -0.0925. The third-order valence-electron chi connectivity index (χ3n) is 4.99. The molecule has 5 rings (SSSR count). The predicted octanol–water partition coefficient (Wildman–Crippen LogP) is 3.25. The van der Waals surface area contributed by atoms with Crippen molar-refractivity contribution in [3.8, 4) is 11.5 Å². The van der Waals surface area contributed by atoms with Crippen molar-refractivity contribution in [1.82, 2.24) is 29.7 Å². The molecule has 1 amide bonds. The molecule has 0 spiro atoms. The van der Waals surface area contributed by atoms with Crippen molar-refractivity contribution in [2.45, 2.75) is 31.6 Å². The van der Waals surface area contributed by atoms with Crippen LogP contribution in [0.3, 0.4) is 0 Å². The standard InChI is InChI=1S/C19H15F2N7O2/c1-10-12(23-17(29)14-9-22-15-4-2-3-5-28(14)15)6-13(26-25-10)16-24-18(30-27-16)11-7-19(20,21)8-11/h2-6,9,11H,7-8H2,1H3,(H,23,26,29). The highest BCUT2D eigenvalue weighted by Crippen LogP contribution is 2.47. The van der Waals surface area contributed by atoms with Gasteiger partial charge in [-0.05, 0) is 25.1 Å². The normalized spacial score (nSPS) is 15.8. The smallest absolute Gasteiger partial charge is 0.274 e. The molecule has 0 aromatic carbocycles. The number of carbonyl (C=O) groups is 1. The Kier molecular flexibility index (Phi) is 4.05. The van der Waals surface area contributed by atoms with E-state index in [1.807, 2.05) is 6.07 Å². The highest BCUT2D eigenvalue weighted by molar-refractivity contribution is 6.03. The number of alkyl halides is 2. The molecule has 4 aromatic heterocycles. The number of amides is 1. The molecule has 0 aliphatic heterocycles. The number of carbonyl (C=O) groups excluding carboxylic acids is 1. The molecule has 11 heteroatoms. The zero-order valence-electron chi connectivity index (χ0n) is 15.7. The van der Waals surface area contributed by atoms with E-state index in [-0.39, 0.29) is 36.2 Å². The Bertz CT molecular complexity index is 1260. The fraction of sp³-hybridized carbons (Fsp3) is 0.263. The van der Waals surface area contributed by atoms with Crippen LogP contribution in [-0.4, -0.2) is 41.6 Å². The fourth-order valence-electron chi connectivity index (χ4n) is 3.32. The molecule has 152 valence electrons. The summed E-state index contributed by atoms with van der Waals surface area (Å²) in [5, 5.41) is 14.7. The summed E-state index contributed by atoms with van der Waals surface area (Å²) in [5.41, 5.74) is 2.17. The number of aromatic nitrogens is 6. The minimum atomic E-state index is -2.68. The van der Waals surface area contributed by atoms with Gasteiger partial charge in [-0.25, -0.2) is 13.8 Å². The van der Waals surface area contributed by atoms with Crippen molar-refractivity contribution in [3.05, 3.63) is 53.9 Å². The quantitative estimate of drug-likeness (QED) is 0.549. The van der Waals surface area contributed by atoms with Crippen LogP contribution in [0.5, 0.6) is 0 Å². The number of nitrogens with one attached hydrogen (secondary N) is 1. The van der Waals surface area contributed by atoms with Crippen molar-refractivity contribution < 1.29 is 18.1 Å². The van der Waals surface area contributed by atoms with Crippen LogP contribution in [0.4, 0.5) is 14.5 Å². The summed E-state index contributed by atoms with van der Waals surface area (Å²) in [5.74, 6) is -3.25. The van der Waals surface area contributed by atoms with Crippen LogP contribution in [0.25, 0.3) is 17.2 Å². The van der Waals surface area contributed by atoms with Gasteiger partial charge >= 0.3 is 0 Å². The summed E-state index contributed by atoms with van der Waals surface area (Å²) < 4.78 is 32.9. The van der Waals surface area contributed by atoms with Crippen molar-refractivity contribution in [1.29, 1.82) is 0 Å². The number of hydrogen-bond donors (Lipinski definition) is 1. The lowest BCUT2D eigenvalue weighted by Gasteiger charge is -2.31. The number of pyridine rings is 1. The molecule has 4 aromatic rings. The lowest BCUT2D eigenvalue weighted by Crippen LogP contribution is -2.33. The van der Waals surface area contributed by atoms with Gasteiger partial charge in [0.15, 0.2) is 0 Å². The second-order valence-electron chi connectivity index (χ2n) is 7.17. The third-order valence-corrected chi connectivity index (χ3v) is 4.99. The molecule has 0 atom stereocenters. The molecule has 1 aliphatic rings. The average Bonchev–Trinajstić information content (AvgIpc) is 3.35. The van der Waals surface area contributed by atoms with E-state index in [2.05, 4.69) is 30.6 Å². The topological polar surface area (TPSA) is 111 Å². The number of anilines is 1. The molecule has 0 unspecified atom stereocenters. The van der Waals surface area contributed by atoms with Crippen LogP contribution in [0.15, 0.2) is 41.2 Å². The number of aryl methyl sites for hydroxylation is 1. The first-order chi connectivity index (χ1) is 14.4. The van der Waals surface area contributed by atoms with Gasteiger partial charge in [-0.1, -0.05) is 11.2 Å². The van der Waals surface area contributed by atoms with Gasteiger partial charge in [-0.15, -0.1) is 5.10 Å². The third kappa shape index (κ3) is 3.17. The predicted molar refractivity (Wildman–Crippen MR) is 100 cm³/mol. The first-order valence-corrected chi connectivity index (χ1v) is 9.19. The Morgan fingerprint density at radius 2 is 2.13 bits per heavy atom. The van der Waals surface area contributed by atoms with Crippen LogP contribution in [0.1, 0.15) is 40.8 Å². The van der Waals surface area contributed by atoms with Gasteiger partial charge in [0.05, 0.1) is 17.6 Å². The zero-order chi connectivity index (χ0) is 20.9. The van der Waals surface area contributed by atoms with E-state index in [0.29, 0.717) is 22.7 Å². The number of rotatable bonds is 4. The Morgan fingerprint density at radius 1 is 1.30 bits per heavy atom. The first kappa shape index (κ1) is 18.3. The number of hydrogen-bond acceptors (Lipinski definition) is 7. The van der Waals surface area contributed by atoms with Gasteiger partial charge in [-0.2, -0.15) is 10.1 Å². The molecule has 30 heavy (non-hydrogen) atoms. The minimum Gasteiger partial charge on any atom is -0.339 e. The van der Waals surface area contributed by atoms with E-state index in [0.717, 1.165) is 0 Å². The minimum absolute atomic E-state index is 0.123. The monoisotopic (exact) mass is 411 g/mol. The number of nitrogens with zero attached hydrogens (tertiary/aromatic N) is 6. The molecule has 0 saturated heterocycles. The van der Waals surface area contributed by atoms with Gasteiger partial charge in [0.1, 0.15) is 17.0 Å². The van der Waals surface area contributed by atoms with Crippen LogP contribution < -0.4 is 5.32 Å². The van der Waals surface area contributed by atoms with Gasteiger partial charge in [-0.3, -0.25) is 9.20 Å². The second-order valence-corrected chi connectivity index (χ2v) is 7.17. The highest BCUT2D eigenvalue weighted by atomic mass is 19.3. The van der Waals surface area contributed by atoms with E-state index in [1.54, 1.807) is 35.7 Å². The molecular weight excluding hydrogens is 396 g/mol. The largest absolute Gasteiger partial charge is 0.339 e. The molecule has 4 heterocycles. The van der Waals surface area contributed by atoms with Crippen LogP contribution >= 0.6 is 0 Å². The van der Waals surface area contributed by atoms with Gasteiger partial charge in [0.25, 0.3) is 5.91 Å². The molecule has 0 radical (unpaired) electrons. The van der Waals surface area contributed by atoms with Crippen molar-refractivity contribution >= 4 is 17.2 Å². The maximum absolute atomic E-state index is 13.1. The van der Waals surface area contributed by atoms with E-state index >= 15 is 0 Å². The highest BCUT2D eigenvalue weighted by Gasteiger charge is 2.48. The van der Waals surface area contributed by atoms with E-state index in [1.165, 1.54) is 6.20 Å². The van der Waals surface area contributed by atoms with Crippen molar-refractivity contribution in [3.63, 3.8) is 0 Å². The van der Waals surface area contributed by atoms with Gasteiger partial charge < -0.3 is 9.84 Å². The average molecular weight is 411 g/mol. The van der Waals surface area contributed by atoms with E-state index in [9.17, 15) is 13.6 Å². The Hall–Kier alpha value is -3.76. The molecule has 1 fully saturated rings. The Balaban J connectivity index is 1.39. The summed E-state index contributed by atoms with van der Waals surface area (Å²) in [6, 6.07) is 6.99. The molecule has 9 nitrogen and oxygen atoms in total. The SMILES string of the molecule is Cc1nnc(-c2noc(C3CC(F)(F)C3)n2)cc1NC(=O)c1cnc2ccccn12. The summed E-state index contributed by atoms with van der Waals surface area (Å²) in [4.78, 5) is 21.1. The fourth-order valence-corrected chi connectivity index (χ4v) is 3.32. The number of fused-ring (bicyclic) bond motifs is 1. The summed E-state index contributed by atoms with van der Waals surface area (Å²) in [7, 11) is 0. The number of halogens is 2. The van der Waals surface area contributed by atoms with Gasteiger partial charge in [0.2, 0.25) is 17.6 Å². The number of imidazole rings is 1. The van der Waals surface area contributed by atoms with Crippen molar-refractivity contribution in [2.75, 3.05) is 5.32 Å². The first-order valence-electron chi connectivity index (χ1n) is 9.19. The lowest BCUT2D eigenvalue weighted by atomic mass is 9.81. The molecule has 1 aliphatic carbocycles. The van der Waals surface area contributed by atoms with E-state index < -0.39 is 11.8 Å². The molecule has 0 bridgehead atoms. The maximum atomic E-state index is 13.1.